The van der Waals surface area contributed by atoms with Gasteiger partial charge in [-0.3, -0.25) is 14.8 Å². The minimum atomic E-state index is -1.23. The number of carbonyl (C=O) groups is 1. The minimum Gasteiger partial charge on any atom is -0.481 e. The number of nitrogens with one attached hydrogen (secondary N) is 2. The summed E-state index contributed by atoms with van der Waals surface area (Å²) >= 11 is 6.10. The number of likely N-dealkylation sites (tertiary alicyclic amines) is 1. The topological polar surface area (TPSA) is 103 Å². The Balaban J connectivity index is 1.42. The molecule has 0 saturated carbocycles. The number of carboxylic acid groups (broad SMARTS) is 1. The third kappa shape index (κ3) is 4.65. The summed E-state index contributed by atoms with van der Waals surface area (Å²) in [6.07, 6.45) is 1.08. The first kappa shape index (κ1) is 26.5. The van der Waals surface area contributed by atoms with Gasteiger partial charge in [-0.25, -0.2) is 13.8 Å². The van der Waals surface area contributed by atoms with E-state index in [1.54, 1.807) is 18.2 Å². The second-order valence-electron chi connectivity index (χ2n) is 10.3. The van der Waals surface area contributed by atoms with Gasteiger partial charge in [-0.2, -0.15) is 5.10 Å². The number of aromatic nitrogens is 3. The van der Waals surface area contributed by atoms with Gasteiger partial charge in [0, 0.05) is 36.3 Å². The van der Waals surface area contributed by atoms with Crippen LogP contribution in [-0.2, 0) is 21.5 Å². The van der Waals surface area contributed by atoms with Gasteiger partial charge >= 0.3 is 5.97 Å². The summed E-state index contributed by atoms with van der Waals surface area (Å²) in [5, 5.41) is 20.4. The van der Waals surface area contributed by atoms with Crippen LogP contribution in [0, 0.1) is 24.0 Å². The first-order chi connectivity index (χ1) is 18.2. The van der Waals surface area contributed by atoms with Crippen LogP contribution in [0.25, 0.3) is 0 Å². The van der Waals surface area contributed by atoms with Crippen molar-refractivity contribution in [3.63, 3.8) is 0 Å². The molecular weight excluding hydrogens is 516 g/mol. The van der Waals surface area contributed by atoms with Crippen LogP contribution in [0.3, 0.4) is 0 Å². The number of rotatable bonds is 8. The standard InChI is InChI=1S/C27H30ClF2N5O3/c1-3-17-12-26(25(36)37,13-21-20(29)7-8-22(31-21)32-23-11-16(2)33-34-23)9-10-35(17)27(14-38-15-27)18-5-4-6-19(28)24(18)30/h4-8,11,17H,3,9-10,12-15H2,1-2H3,(H,36,37)(H2,31,32,33,34)/t17-,26-/m1/s1. The normalized spacial score (nSPS) is 23.1. The molecule has 2 aliphatic rings. The molecular formula is C27H30ClF2N5O3. The Hall–Kier alpha value is -3.08. The van der Waals surface area contributed by atoms with Crippen molar-refractivity contribution in [2.45, 2.75) is 51.1 Å². The van der Waals surface area contributed by atoms with Gasteiger partial charge in [0.05, 0.1) is 34.9 Å². The quantitative estimate of drug-likeness (QED) is 0.357. The van der Waals surface area contributed by atoms with Crippen molar-refractivity contribution < 1.29 is 23.4 Å². The van der Waals surface area contributed by atoms with Gasteiger partial charge in [-0.15, -0.1) is 0 Å². The van der Waals surface area contributed by atoms with Crippen molar-refractivity contribution in [1.82, 2.24) is 20.1 Å². The number of nitrogens with zero attached hydrogens (tertiary/aromatic N) is 3. The van der Waals surface area contributed by atoms with Crippen molar-refractivity contribution in [1.29, 1.82) is 0 Å². The van der Waals surface area contributed by atoms with Crippen LogP contribution in [0.15, 0.2) is 36.4 Å². The number of ether oxygens (including phenoxy) is 1. The van der Waals surface area contributed by atoms with Crippen molar-refractivity contribution >= 4 is 29.2 Å². The van der Waals surface area contributed by atoms with E-state index in [1.165, 1.54) is 18.2 Å². The number of piperidine rings is 1. The van der Waals surface area contributed by atoms with Crippen LogP contribution in [0.1, 0.15) is 43.1 Å². The number of hydrogen-bond acceptors (Lipinski definition) is 6. The summed E-state index contributed by atoms with van der Waals surface area (Å²) in [7, 11) is 0. The van der Waals surface area contributed by atoms with Gasteiger partial charge in [-0.05, 0) is 44.4 Å². The first-order valence-corrected chi connectivity index (χ1v) is 13.0. The molecule has 0 radical (unpaired) electrons. The average molecular weight is 546 g/mol. The van der Waals surface area contributed by atoms with E-state index >= 15 is 4.39 Å². The van der Waals surface area contributed by atoms with E-state index in [0.29, 0.717) is 30.2 Å². The Kier molecular flexibility index (Phi) is 7.15. The smallest absolute Gasteiger partial charge is 0.310 e. The number of anilines is 2. The Labute approximate surface area is 224 Å². The highest BCUT2D eigenvalue weighted by molar-refractivity contribution is 6.30. The molecule has 0 bridgehead atoms. The summed E-state index contributed by atoms with van der Waals surface area (Å²) in [6, 6.07) is 9.31. The molecule has 3 aromatic rings. The van der Waals surface area contributed by atoms with E-state index < -0.39 is 28.6 Å². The highest BCUT2D eigenvalue weighted by Crippen LogP contribution is 2.47. The molecule has 2 fully saturated rings. The summed E-state index contributed by atoms with van der Waals surface area (Å²) in [5.41, 5.74) is -0.571. The number of aryl methyl sites for hydroxylation is 1. The van der Waals surface area contributed by atoms with Crippen molar-refractivity contribution in [2.75, 3.05) is 25.1 Å². The predicted octanol–water partition coefficient (Wildman–Crippen LogP) is 5.20. The lowest BCUT2D eigenvalue weighted by atomic mass is 9.69. The third-order valence-electron chi connectivity index (χ3n) is 7.89. The fourth-order valence-electron chi connectivity index (χ4n) is 5.79. The lowest BCUT2D eigenvalue weighted by molar-refractivity contribution is -0.185. The number of H-pyrrole nitrogens is 1. The molecule has 2 aromatic heterocycles. The second kappa shape index (κ2) is 10.2. The van der Waals surface area contributed by atoms with Crippen LogP contribution in [0.2, 0.25) is 5.02 Å². The molecule has 3 N–H and O–H groups in total. The molecule has 2 aliphatic heterocycles. The van der Waals surface area contributed by atoms with Gasteiger partial charge in [0.25, 0.3) is 0 Å². The number of carboxylic acids is 1. The Morgan fingerprint density at radius 2 is 2.08 bits per heavy atom. The number of pyridine rings is 1. The molecule has 1 aromatic carbocycles. The Bertz CT molecular complexity index is 1350. The largest absolute Gasteiger partial charge is 0.481 e. The number of aromatic amines is 1. The van der Waals surface area contributed by atoms with Gasteiger partial charge < -0.3 is 15.2 Å². The first-order valence-electron chi connectivity index (χ1n) is 12.6. The van der Waals surface area contributed by atoms with E-state index in [4.69, 9.17) is 16.3 Å². The SMILES string of the molecule is CC[C@@H]1C[C@](Cc2nc(Nc3cc(C)[nH]n3)ccc2F)(C(=O)O)CCN1C1(c2cccc(Cl)c2F)COC1. The summed E-state index contributed by atoms with van der Waals surface area (Å²) in [5.74, 6) is -1.13. The van der Waals surface area contributed by atoms with Gasteiger partial charge in [0.1, 0.15) is 17.5 Å². The molecule has 0 amide bonds. The lowest BCUT2D eigenvalue weighted by Crippen LogP contribution is -2.66. The summed E-state index contributed by atoms with van der Waals surface area (Å²) in [6.45, 7) is 4.79. The van der Waals surface area contributed by atoms with Crippen molar-refractivity contribution in [3.8, 4) is 0 Å². The van der Waals surface area contributed by atoms with Crippen LogP contribution in [0.5, 0.6) is 0 Å². The maximum Gasteiger partial charge on any atom is 0.310 e. The monoisotopic (exact) mass is 545 g/mol. The molecule has 8 nitrogen and oxygen atoms in total. The minimum absolute atomic E-state index is 0.0405. The van der Waals surface area contributed by atoms with Crippen LogP contribution < -0.4 is 5.32 Å². The number of hydrogen-bond donors (Lipinski definition) is 3. The Morgan fingerprint density at radius 1 is 1.29 bits per heavy atom. The van der Waals surface area contributed by atoms with E-state index in [9.17, 15) is 14.3 Å². The number of aliphatic carboxylic acids is 1. The molecule has 11 heteroatoms. The maximum absolute atomic E-state index is 15.1. The Morgan fingerprint density at radius 3 is 2.71 bits per heavy atom. The summed E-state index contributed by atoms with van der Waals surface area (Å²) in [4.78, 5) is 19.3. The van der Waals surface area contributed by atoms with Gasteiger partial charge in [0.2, 0.25) is 0 Å². The molecule has 2 saturated heterocycles. The fraction of sp³-hybridized carbons (Fsp3) is 0.444. The average Bonchev–Trinajstić information content (AvgIpc) is 3.28. The third-order valence-corrected chi connectivity index (χ3v) is 8.19. The summed E-state index contributed by atoms with van der Waals surface area (Å²) < 4.78 is 35.6. The van der Waals surface area contributed by atoms with Gasteiger partial charge in [0.15, 0.2) is 5.82 Å². The molecule has 0 unspecified atom stereocenters. The molecule has 38 heavy (non-hydrogen) atoms. The van der Waals surface area contributed by atoms with Gasteiger partial charge in [-0.1, -0.05) is 30.7 Å². The second-order valence-corrected chi connectivity index (χ2v) is 10.7. The highest BCUT2D eigenvalue weighted by Gasteiger charge is 2.55. The fourth-order valence-corrected chi connectivity index (χ4v) is 5.96. The zero-order chi connectivity index (χ0) is 27.1. The van der Waals surface area contributed by atoms with E-state index in [2.05, 4.69) is 25.4 Å². The molecule has 202 valence electrons. The molecule has 2 atom stereocenters. The van der Waals surface area contributed by atoms with Crippen molar-refractivity contribution in [2.24, 2.45) is 5.41 Å². The molecule has 0 spiro atoms. The highest BCUT2D eigenvalue weighted by atomic mass is 35.5. The molecule has 0 aliphatic carbocycles. The van der Waals surface area contributed by atoms with Crippen LogP contribution in [-0.4, -0.2) is 57.0 Å². The zero-order valence-corrected chi connectivity index (χ0v) is 22.0. The number of halogens is 3. The maximum atomic E-state index is 15.1. The number of benzene rings is 1. The molecule has 5 rings (SSSR count). The van der Waals surface area contributed by atoms with E-state index in [1.807, 2.05) is 13.8 Å². The molecule has 4 heterocycles. The zero-order valence-electron chi connectivity index (χ0n) is 21.2. The van der Waals surface area contributed by atoms with Crippen LogP contribution in [0.4, 0.5) is 20.4 Å². The van der Waals surface area contributed by atoms with Crippen molar-refractivity contribution in [3.05, 3.63) is 70.0 Å². The lowest BCUT2D eigenvalue weighted by Gasteiger charge is -2.57. The predicted molar refractivity (Wildman–Crippen MR) is 139 cm³/mol. The van der Waals surface area contributed by atoms with E-state index in [0.717, 1.165) is 5.69 Å². The van der Waals surface area contributed by atoms with Crippen LogP contribution >= 0.6 is 11.6 Å². The van der Waals surface area contributed by atoms with E-state index in [-0.39, 0.29) is 49.2 Å².